The van der Waals surface area contributed by atoms with Gasteiger partial charge in [0.1, 0.15) is 5.52 Å². The predicted octanol–water partition coefficient (Wildman–Crippen LogP) is 3.56. The lowest BCUT2D eigenvalue weighted by Crippen LogP contribution is -2.31. The Morgan fingerprint density at radius 1 is 1.29 bits per heavy atom. The third-order valence-corrected chi connectivity index (χ3v) is 3.71. The Morgan fingerprint density at radius 2 is 2.00 bits per heavy atom. The lowest BCUT2D eigenvalue weighted by molar-refractivity contribution is 0.0954. The Hall–Kier alpha value is -1.49. The number of alkyl halides is 1. The molecule has 1 aromatic heterocycles. The average Bonchev–Trinajstić information content (AvgIpc) is 2.42. The first-order chi connectivity index (χ1) is 9.87. The van der Waals surface area contributed by atoms with Gasteiger partial charge in [-0.3, -0.25) is 14.8 Å². The van der Waals surface area contributed by atoms with Crippen LogP contribution in [0, 0.1) is 5.41 Å². The molecule has 1 aromatic carbocycles. The van der Waals surface area contributed by atoms with Crippen molar-refractivity contribution in [2.24, 2.45) is 5.41 Å². The van der Waals surface area contributed by atoms with Gasteiger partial charge in [0.15, 0.2) is 0 Å². The Kier molecular flexibility index (Phi) is 4.93. The fourth-order valence-corrected chi connectivity index (χ4v) is 3.34. The largest absolute Gasteiger partial charge is 0.351 e. The molecular formula is C16H20BrN3O. The molecule has 0 bridgehead atoms. The molecule has 5 heteroatoms. The van der Waals surface area contributed by atoms with Gasteiger partial charge < -0.3 is 5.32 Å². The van der Waals surface area contributed by atoms with Crippen molar-refractivity contribution in [3.63, 3.8) is 0 Å². The first kappa shape index (κ1) is 15.9. The van der Waals surface area contributed by atoms with Crippen molar-refractivity contribution in [1.82, 2.24) is 15.3 Å². The number of carbonyl (C=O) groups is 1. The summed E-state index contributed by atoms with van der Waals surface area (Å²) in [4.78, 5) is 21.1. The number of aromatic nitrogens is 2. The number of amides is 1. The van der Waals surface area contributed by atoms with E-state index in [1.165, 1.54) is 0 Å². The fourth-order valence-electron chi connectivity index (χ4n) is 2.21. The summed E-state index contributed by atoms with van der Waals surface area (Å²) in [6.07, 6.45) is 4.22. The van der Waals surface area contributed by atoms with Crippen molar-refractivity contribution in [3.05, 3.63) is 36.2 Å². The number of hydrogen-bond acceptors (Lipinski definition) is 3. The molecule has 112 valence electrons. The van der Waals surface area contributed by atoms with E-state index in [1.54, 1.807) is 18.5 Å². The molecule has 0 spiro atoms. The third kappa shape index (κ3) is 4.49. The van der Waals surface area contributed by atoms with Gasteiger partial charge in [0, 0.05) is 23.8 Å². The van der Waals surface area contributed by atoms with Crippen LogP contribution >= 0.6 is 15.9 Å². The van der Waals surface area contributed by atoms with Crippen LogP contribution in [0.5, 0.6) is 0 Å². The van der Waals surface area contributed by atoms with E-state index in [4.69, 9.17) is 0 Å². The molecule has 0 fully saturated rings. The second-order valence-corrected chi connectivity index (χ2v) is 7.60. The summed E-state index contributed by atoms with van der Waals surface area (Å²) in [7, 11) is 0. The number of carbonyl (C=O) groups excluding carboxylic acids is 1. The summed E-state index contributed by atoms with van der Waals surface area (Å²) in [5, 5.41) is 2.96. The number of nitrogens with one attached hydrogen (secondary N) is 1. The average molecular weight is 350 g/mol. The van der Waals surface area contributed by atoms with Crippen LogP contribution in [0.15, 0.2) is 30.6 Å². The van der Waals surface area contributed by atoms with Gasteiger partial charge in [-0.05, 0) is 24.0 Å². The first-order valence-corrected chi connectivity index (χ1v) is 7.90. The molecule has 0 saturated heterocycles. The lowest BCUT2D eigenvalue weighted by atomic mass is 9.90. The summed E-state index contributed by atoms with van der Waals surface area (Å²) in [5.41, 5.74) is 2.16. The van der Waals surface area contributed by atoms with Crippen LogP contribution in [0.4, 0.5) is 0 Å². The monoisotopic (exact) mass is 349 g/mol. The zero-order valence-corrected chi connectivity index (χ0v) is 14.1. The molecule has 2 aromatic rings. The van der Waals surface area contributed by atoms with Crippen molar-refractivity contribution >= 4 is 32.9 Å². The highest BCUT2D eigenvalue weighted by Crippen LogP contribution is 2.24. The summed E-state index contributed by atoms with van der Waals surface area (Å²) < 4.78 is 0. The number of rotatable bonds is 4. The summed E-state index contributed by atoms with van der Waals surface area (Å²) >= 11 is 3.62. The number of benzene rings is 1. The number of halogens is 1. The van der Waals surface area contributed by atoms with Gasteiger partial charge in [0.2, 0.25) is 0 Å². The van der Waals surface area contributed by atoms with Crippen molar-refractivity contribution in [2.45, 2.75) is 32.0 Å². The molecule has 1 N–H and O–H groups in total. The first-order valence-electron chi connectivity index (χ1n) is 6.99. The van der Waals surface area contributed by atoms with E-state index in [0.717, 1.165) is 11.9 Å². The minimum absolute atomic E-state index is 0.112. The lowest BCUT2D eigenvalue weighted by Gasteiger charge is -2.22. The van der Waals surface area contributed by atoms with Crippen LogP contribution in [-0.2, 0) is 0 Å². The van der Waals surface area contributed by atoms with Crippen LogP contribution < -0.4 is 5.32 Å². The Labute approximate surface area is 133 Å². The highest BCUT2D eigenvalue weighted by atomic mass is 79.9. The molecule has 0 aliphatic heterocycles. The van der Waals surface area contributed by atoms with E-state index >= 15 is 0 Å². The van der Waals surface area contributed by atoms with Gasteiger partial charge >= 0.3 is 0 Å². The second kappa shape index (κ2) is 6.52. The molecule has 0 saturated carbocycles. The standard InChI is InChI=1S/C16H20BrN3O/c1-16(2,3)9-11(17)10-20-15(21)12-5-4-6-13-14(12)19-8-7-18-13/h4-8,11H,9-10H2,1-3H3,(H,20,21). The fraction of sp³-hybridized carbons (Fsp3) is 0.438. The van der Waals surface area contributed by atoms with Crippen molar-refractivity contribution in [2.75, 3.05) is 6.54 Å². The highest BCUT2D eigenvalue weighted by molar-refractivity contribution is 9.09. The summed E-state index contributed by atoms with van der Waals surface area (Å²) in [6, 6.07) is 5.46. The minimum atomic E-state index is -0.112. The predicted molar refractivity (Wildman–Crippen MR) is 88.7 cm³/mol. The topological polar surface area (TPSA) is 54.9 Å². The molecule has 1 heterocycles. The van der Waals surface area contributed by atoms with Crippen LogP contribution in [0.3, 0.4) is 0 Å². The van der Waals surface area contributed by atoms with Gasteiger partial charge in [-0.25, -0.2) is 0 Å². The van der Waals surface area contributed by atoms with Gasteiger partial charge in [0.25, 0.3) is 5.91 Å². The number of nitrogens with zero attached hydrogens (tertiary/aromatic N) is 2. The molecule has 1 unspecified atom stereocenters. The number of hydrogen-bond donors (Lipinski definition) is 1. The van der Waals surface area contributed by atoms with E-state index in [-0.39, 0.29) is 16.1 Å². The summed E-state index contributed by atoms with van der Waals surface area (Å²) in [6.45, 7) is 7.14. The Bertz CT molecular complexity index is 631. The maximum atomic E-state index is 12.3. The zero-order chi connectivity index (χ0) is 15.5. The SMILES string of the molecule is CC(C)(C)CC(Br)CNC(=O)c1cccc2nccnc12. The van der Waals surface area contributed by atoms with Crippen molar-refractivity contribution in [1.29, 1.82) is 0 Å². The normalized spacial score (nSPS) is 13.1. The molecule has 0 aliphatic rings. The van der Waals surface area contributed by atoms with E-state index in [2.05, 4.69) is 52.0 Å². The van der Waals surface area contributed by atoms with Gasteiger partial charge in [-0.15, -0.1) is 0 Å². The molecule has 4 nitrogen and oxygen atoms in total. The quantitative estimate of drug-likeness (QED) is 0.858. The number of para-hydroxylation sites is 1. The minimum Gasteiger partial charge on any atom is -0.351 e. The van der Waals surface area contributed by atoms with E-state index in [9.17, 15) is 4.79 Å². The smallest absolute Gasteiger partial charge is 0.253 e. The van der Waals surface area contributed by atoms with E-state index in [0.29, 0.717) is 17.6 Å². The summed E-state index contributed by atoms with van der Waals surface area (Å²) in [5.74, 6) is -0.112. The van der Waals surface area contributed by atoms with Crippen LogP contribution in [0.25, 0.3) is 11.0 Å². The van der Waals surface area contributed by atoms with Crippen LogP contribution in [0.2, 0.25) is 0 Å². The molecule has 0 radical (unpaired) electrons. The molecule has 1 amide bonds. The molecule has 2 rings (SSSR count). The van der Waals surface area contributed by atoms with E-state index in [1.807, 2.05) is 12.1 Å². The van der Waals surface area contributed by atoms with Crippen LogP contribution in [0.1, 0.15) is 37.6 Å². The third-order valence-electron chi connectivity index (χ3n) is 3.06. The van der Waals surface area contributed by atoms with Crippen molar-refractivity contribution in [3.8, 4) is 0 Å². The highest BCUT2D eigenvalue weighted by Gasteiger charge is 2.18. The Morgan fingerprint density at radius 3 is 2.71 bits per heavy atom. The molecule has 0 aliphatic carbocycles. The van der Waals surface area contributed by atoms with Crippen LogP contribution in [-0.4, -0.2) is 27.2 Å². The van der Waals surface area contributed by atoms with E-state index < -0.39 is 0 Å². The second-order valence-electron chi connectivity index (χ2n) is 6.30. The van der Waals surface area contributed by atoms with Gasteiger partial charge in [0.05, 0.1) is 11.1 Å². The number of fused-ring (bicyclic) bond motifs is 1. The maximum absolute atomic E-state index is 12.3. The van der Waals surface area contributed by atoms with Gasteiger partial charge in [-0.2, -0.15) is 0 Å². The Balaban J connectivity index is 2.06. The molecule has 1 atom stereocenters. The zero-order valence-electron chi connectivity index (χ0n) is 12.6. The van der Waals surface area contributed by atoms with Crippen molar-refractivity contribution < 1.29 is 4.79 Å². The van der Waals surface area contributed by atoms with Gasteiger partial charge in [-0.1, -0.05) is 42.8 Å². The molecular weight excluding hydrogens is 330 g/mol. The molecule has 21 heavy (non-hydrogen) atoms. The maximum Gasteiger partial charge on any atom is 0.253 e.